The standard InChI is InChI=1S/C27H31ClN2O/c1-19-16-20(2)30(21(3)17-19)14-15-31-26-11-6-23(7-12-26)27-13-8-24(18-29-27)22-4-9-25(28)10-5-22/h4-13,18-21H,14-17H2,1-3H3. The van der Waals surface area contributed by atoms with Crippen molar-refractivity contribution in [2.75, 3.05) is 13.2 Å². The lowest BCUT2D eigenvalue weighted by molar-refractivity contribution is 0.0616. The van der Waals surface area contributed by atoms with Crippen molar-refractivity contribution in [3.63, 3.8) is 0 Å². The predicted octanol–water partition coefficient (Wildman–Crippen LogP) is 6.96. The molecule has 1 aliphatic rings. The SMILES string of the molecule is CC1CC(C)N(CCOc2ccc(-c3ccc(-c4ccc(Cl)cc4)cn3)cc2)C(C)C1. The van der Waals surface area contributed by atoms with Gasteiger partial charge in [-0.2, -0.15) is 0 Å². The second-order valence-electron chi connectivity index (χ2n) is 8.82. The number of benzene rings is 2. The minimum atomic E-state index is 0.631. The molecule has 2 heterocycles. The van der Waals surface area contributed by atoms with Gasteiger partial charge in [0.1, 0.15) is 12.4 Å². The molecule has 1 aliphatic heterocycles. The van der Waals surface area contributed by atoms with Crippen LogP contribution in [0.5, 0.6) is 5.75 Å². The van der Waals surface area contributed by atoms with Crippen molar-refractivity contribution in [3.05, 3.63) is 71.9 Å². The Balaban J connectivity index is 1.33. The molecule has 31 heavy (non-hydrogen) atoms. The molecular formula is C27H31ClN2O. The van der Waals surface area contributed by atoms with Gasteiger partial charge in [-0.1, -0.05) is 36.7 Å². The lowest BCUT2D eigenvalue weighted by atomic mass is 9.88. The van der Waals surface area contributed by atoms with Crippen LogP contribution in [0, 0.1) is 5.92 Å². The van der Waals surface area contributed by atoms with Gasteiger partial charge in [-0.15, -0.1) is 0 Å². The third kappa shape index (κ3) is 5.47. The molecule has 1 fully saturated rings. The highest BCUT2D eigenvalue weighted by atomic mass is 35.5. The van der Waals surface area contributed by atoms with Crippen molar-refractivity contribution in [3.8, 4) is 28.1 Å². The molecule has 0 bridgehead atoms. The summed E-state index contributed by atoms with van der Waals surface area (Å²) in [7, 11) is 0. The van der Waals surface area contributed by atoms with E-state index in [2.05, 4.69) is 54.9 Å². The van der Waals surface area contributed by atoms with Crippen LogP contribution in [0.15, 0.2) is 66.9 Å². The molecule has 3 aromatic rings. The molecule has 4 rings (SSSR count). The van der Waals surface area contributed by atoms with Gasteiger partial charge in [-0.25, -0.2) is 0 Å². The molecular weight excluding hydrogens is 404 g/mol. The summed E-state index contributed by atoms with van der Waals surface area (Å²) in [5, 5.41) is 0.741. The van der Waals surface area contributed by atoms with Gasteiger partial charge in [0.05, 0.1) is 5.69 Å². The van der Waals surface area contributed by atoms with E-state index in [1.54, 1.807) is 0 Å². The average Bonchev–Trinajstić information content (AvgIpc) is 2.77. The Hall–Kier alpha value is -2.36. The zero-order valence-corrected chi connectivity index (χ0v) is 19.3. The Morgan fingerprint density at radius 1 is 0.839 bits per heavy atom. The van der Waals surface area contributed by atoms with Crippen molar-refractivity contribution in [2.45, 2.75) is 45.7 Å². The van der Waals surface area contributed by atoms with E-state index in [4.69, 9.17) is 16.3 Å². The summed E-state index contributed by atoms with van der Waals surface area (Å²) in [4.78, 5) is 7.23. The van der Waals surface area contributed by atoms with Crippen LogP contribution < -0.4 is 4.74 Å². The van der Waals surface area contributed by atoms with Gasteiger partial charge in [-0.05, 0) is 80.6 Å². The van der Waals surface area contributed by atoms with E-state index in [1.165, 1.54) is 12.8 Å². The van der Waals surface area contributed by atoms with Gasteiger partial charge in [-0.3, -0.25) is 9.88 Å². The van der Waals surface area contributed by atoms with Crippen LogP contribution in [-0.2, 0) is 0 Å². The van der Waals surface area contributed by atoms with E-state index < -0.39 is 0 Å². The largest absolute Gasteiger partial charge is 0.492 e. The summed E-state index contributed by atoms with van der Waals surface area (Å²) in [6.45, 7) is 8.74. The molecule has 0 amide bonds. The van der Waals surface area contributed by atoms with E-state index >= 15 is 0 Å². The summed E-state index contributed by atoms with van der Waals surface area (Å²) in [5.41, 5.74) is 4.23. The van der Waals surface area contributed by atoms with Crippen molar-refractivity contribution in [2.24, 2.45) is 5.92 Å². The molecule has 0 spiro atoms. The monoisotopic (exact) mass is 434 g/mol. The third-order valence-corrected chi connectivity index (χ3v) is 6.58. The Bertz CT molecular complexity index is 958. The van der Waals surface area contributed by atoms with E-state index in [9.17, 15) is 0 Å². The molecule has 4 heteroatoms. The number of halogens is 1. The van der Waals surface area contributed by atoms with Crippen LogP contribution in [0.2, 0.25) is 5.02 Å². The number of nitrogens with zero attached hydrogens (tertiary/aromatic N) is 2. The highest BCUT2D eigenvalue weighted by Gasteiger charge is 2.28. The van der Waals surface area contributed by atoms with E-state index in [1.807, 2.05) is 42.6 Å². The number of ether oxygens (including phenoxy) is 1. The van der Waals surface area contributed by atoms with Gasteiger partial charge in [0, 0.05) is 41.0 Å². The van der Waals surface area contributed by atoms with Crippen LogP contribution in [0.25, 0.3) is 22.4 Å². The summed E-state index contributed by atoms with van der Waals surface area (Å²) in [5.74, 6) is 1.73. The first-order valence-electron chi connectivity index (χ1n) is 11.2. The summed E-state index contributed by atoms with van der Waals surface area (Å²) >= 11 is 5.98. The average molecular weight is 435 g/mol. The number of rotatable bonds is 6. The highest BCUT2D eigenvalue weighted by molar-refractivity contribution is 6.30. The van der Waals surface area contributed by atoms with E-state index in [-0.39, 0.29) is 0 Å². The predicted molar refractivity (Wildman–Crippen MR) is 130 cm³/mol. The Morgan fingerprint density at radius 3 is 2.06 bits per heavy atom. The number of likely N-dealkylation sites (tertiary alicyclic amines) is 1. The number of hydrogen-bond donors (Lipinski definition) is 0. The van der Waals surface area contributed by atoms with Crippen LogP contribution in [0.1, 0.15) is 33.6 Å². The smallest absolute Gasteiger partial charge is 0.119 e. The second-order valence-corrected chi connectivity index (χ2v) is 9.26. The lowest BCUT2D eigenvalue weighted by Gasteiger charge is -2.41. The molecule has 0 saturated carbocycles. The van der Waals surface area contributed by atoms with Crippen LogP contribution >= 0.6 is 11.6 Å². The molecule has 1 aromatic heterocycles. The third-order valence-electron chi connectivity index (χ3n) is 6.33. The van der Waals surface area contributed by atoms with Gasteiger partial charge >= 0.3 is 0 Å². The molecule has 2 atom stereocenters. The minimum absolute atomic E-state index is 0.631. The van der Waals surface area contributed by atoms with Gasteiger partial charge < -0.3 is 4.74 Å². The van der Waals surface area contributed by atoms with Gasteiger partial charge in [0.15, 0.2) is 0 Å². The maximum absolute atomic E-state index is 6.04. The number of pyridine rings is 1. The fraction of sp³-hybridized carbons (Fsp3) is 0.370. The van der Waals surface area contributed by atoms with Crippen molar-refractivity contribution >= 4 is 11.6 Å². The molecule has 0 aliphatic carbocycles. The molecule has 162 valence electrons. The zero-order chi connectivity index (χ0) is 21.8. The van der Waals surface area contributed by atoms with E-state index in [0.717, 1.165) is 52.2 Å². The first-order chi connectivity index (χ1) is 15.0. The molecule has 2 aromatic carbocycles. The van der Waals surface area contributed by atoms with Crippen molar-refractivity contribution < 1.29 is 4.74 Å². The van der Waals surface area contributed by atoms with Gasteiger partial charge in [0.2, 0.25) is 0 Å². The minimum Gasteiger partial charge on any atom is -0.492 e. The lowest BCUT2D eigenvalue weighted by Crippen LogP contribution is -2.47. The molecule has 2 unspecified atom stereocenters. The molecule has 3 nitrogen and oxygen atoms in total. The topological polar surface area (TPSA) is 25.4 Å². The van der Waals surface area contributed by atoms with Crippen LogP contribution in [-0.4, -0.2) is 35.1 Å². The maximum atomic E-state index is 6.04. The normalized spacial score (nSPS) is 21.7. The Morgan fingerprint density at radius 2 is 1.45 bits per heavy atom. The molecule has 1 saturated heterocycles. The summed E-state index contributed by atoms with van der Waals surface area (Å²) in [6, 6.07) is 21.5. The first kappa shape index (κ1) is 21.9. The van der Waals surface area contributed by atoms with Crippen LogP contribution in [0.3, 0.4) is 0 Å². The quantitative estimate of drug-likeness (QED) is 0.419. The van der Waals surface area contributed by atoms with E-state index in [0.29, 0.717) is 12.1 Å². The zero-order valence-electron chi connectivity index (χ0n) is 18.6. The Kier molecular flexibility index (Phi) is 6.94. The Labute approximate surface area is 191 Å². The number of hydrogen-bond acceptors (Lipinski definition) is 3. The number of piperidine rings is 1. The first-order valence-corrected chi connectivity index (χ1v) is 11.6. The number of aromatic nitrogens is 1. The second kappa shape index (κ2) is 9.84. The highest BCUT2D eigenvalue weighted by Crippen LogP contribution is 2.28. The van der Waals surface area contributed by atoms with Gasteiger partial charge in [0.25, 0.3) is 0 Å². The van der Waals surface area contributed by atoms with Crippen molar-refractivity contribution in [1.29, 1.82) is 0 Å². The fourth-order valence-electron chi connectivity index (χ4n) is 4.78. The molecule has 0 radical (unpaired) electrons. The van der Waals surface area contributed by atoms with Crippen molar-refractivity contribution in [1.82, 2.24) is 9.88 Å². The summed E-state index contributed by atoms with van der Waals surface area (Å²) < 4.78 is 6.04. The maximum Gasteiger partial charge on any atom is 0.119 e. The van der Waals surface area contributed by atoms with Crippen LogP contribution in [0.4, 0.5) is 0 Å². The summed E-state index contributed by atoms with van der Waals surface area (Å²) in [6.07, 6.45) is 4.47. The molecule has 0 N–H and O–H groups in total. The fourth-order valence-corrected chi connectivity index (χ4v) is 4.90.